The van der Waals surface area contributed by atoms with Gasteiger partial charge in [0.05, 0.1) is 5.41 Å². The van der Waals surface area contributed by atoms with Gasteiger partial charge >= 0.3 is 0 Å². The highest BCUT2D eigenvalue weighted by atomic mass is 15.1. The van der Waals surface area contributed by atoms with Gasteiger partial charge in [-0.15, -0.1) is 0 Å². The molecule has 0 fully saturated rings. The van der Waals surface area contributed by atoms with Crippen LogP contribution in [0.15, 0.2) is 212 Å². The predicted molar refractivity (Wildman–Crippen MR) is 232 cm³/mol. The molecule has 7 aromatic carbocycles. The molecule has 0 spiro atoms. The molecule has 0 atom stereocenters. The molecule has 0 amide bonds. The van der Waals surface area contributed by atoms with Crippen molar-refractivity contribution in [2.75, 3.05) is 9.80 Å². The molecular formula is C52H48N2. The average Bonchev–Trinajstić information content (AvgIpc) is 3.53. The highest BCUT2D eigenvalue weighted by Crippen LogP contribution is 2.56. The lowest BCUT2D eigenvalue weighted by Gasteiger charge is -2.36. The number of allylic oxidation sites excluding steroid dienone is 4. The molecular weight excluding hydrogens is 653 g/mol. The first-order chi connectivity index (χ1) is 26.7. The Bertz CT molecular complexity index is 2100. The first-order valence-corrected chi connectivity index (χ1v) is 19.2. The van der Waals surface area contributed by atoms with E-state index in [-0.39, 0.29) is 0 Å². The number of benzene rings is 7. The van der Waals surface area contributed by atoms with E-state index in [1.165, 1.54) is 33.4 Å². The van der Waals surface area contributed by atoms with Crippen LogP contribution < -0.4 is 9.80 Å². The minimum absolute atomic E-state index is 0.500. The molecule has 0 aromatic heterocycles. The Balaban J connectivity index is 0.00000221. The fraction of sp³-hybridized carbons (Fsp3) is 0.115. The molecule has 1 aliphatic rings. The third-order valence-corrected chi connectivity index (χ3v) is 10.2. The maximum absolute atomic E-state index is 2.35. The largest absolute Gasteiger partial charge is 0.311 e. The lowest BCUT2D eigenvalue weighted by atomic mass is 9.66. The second-order valence-electron chi connectivity index (χ2n) is 13.1. The Labute approximate surface area is 322 Å². The lowest BCUT2D eigenvalue weighted by molar-refractivity contribution is 0.760. The summed E-state index contributed by atoms with van der Waals surface area (Å²) < 4.78 is 0. The number of hydrogen-bond donors (Lipinski definition) is 0. The van der Waals surface area contributed by atoms with E-state index in [1.807, 2.05) is 13.8 Å². The van der Waals surface area contributed by atoms with E-state index >= 15 is 0 Å². The van der Waals surface area contributed by atoms with Gasteiger partial charge in [-0.1, -0.05) is 154 Å². The zero-order valence-electron chi connectivity index (χ0n) is 31.7. The zero-order valence-corrected chi connectivity index (χ0v) is 31.7. The van der Waals surface area contributed by atoms with Gasteiger partial charge in [-0.25, -0.2) is 0 Å². The highest BCUT2D eigenvalue weighted by Gasteiger charge is 2.46. The van der Waals surface area contributed by atoms with Crippen molar-refractivity contribution in [2.45, 2.75) is 39.5 Å². The van der Waals surface area contributed by atoms with Crippen molar-refractivity contribution >= 4 is 39.7 Å². The van der Waals surface area contributed by atoms with Gasteiger partial charge in [0.15, 0.2) is 0 Å². The van der Waals surface area contributed by atoms with Crippen LogP contribution in [-0.4, -0.2) is 0 Å². The van der Waals surface area contributed by atoms with Gasteiger partial charge in [-0.2, -0.15) is 0 Å². The van der Waals surface area contributed by atoms with E-state index in [2.05, 4.69) is 230 Å². The number of rotatable bonds is 10. The third-order valence-electron chi connectivity index (χ3n) is 10.2. The summed E-state index contributed by atoms with van der Waals surface area (Å²) in [5.74, 6) is 0. The molecule has 0 saturated carbocycles. The molecule has 0 radical (unpaired) electrons. The van der Waals surface area contributed by atoms with E-state index in [0.29, 0.717) is 0 Å². The predicted octanol–water partition coefficient (Wildman–Crippen LogP) is 14.7. The van der Waals surface area contributed by atoms with Crippen LogP contribution in [0.5, 0.6) is 0 Å². The van der Waals surface area contributed by atoms with E-state index in [9.17, 15) is 0 Å². The summed E-state index contributed by atoms with van der Waals surface area (Å²) >= 11 is 0. The average molecular weight is 701 g/mol. The molecule has 7 aromatic rings. The fourth-order valence-electron chi connectivity index (χ4n) is 8.08. The van der Waals surface area contributed by atoms with Crippen LogP contribution in [0, 0.1) is 0 Å². The van der Waals surface area contributed by atoms with Gasteiger partial charge in [0.25, 0.3) is 0 Å². The molecule has 0 bridgehead atoms. The molecule has 8 rings (SSSR count). The van der Waals surface area contributed by atoms with Crippen LogP contribution in [0.4, 0.5) is 34.1 Å². The summed E-state index contributed by atoms with van der Waals surface area (Å²) in [4.78, 5) is 4.66. The van der Waals surface area contributed by atoms with E-state index < -0.39 is 5.41 Å². The molecule has 0 unspecified atom stereocenters. The number of nitrogens with zero attached hydrogens (tertiary/aromatic N) is 2. The highest BCUT2D eigenvalue weighted by molar-refractivity contribution is 5.88. The van der Waals surface area contributed by atoms with Gasteiger partial charge in [-0.05, 0) is 120 Å². The van der Waals surface area contributed by atoms with Crippen molar-refractivity contribution in [2.24, 2.45) is 0 Å². The summed E-state index contributed by atoms with van der Waals surface area (Å²) in [7, 11) is 0. The summed E-state index contributed by atoms with van der Waals surface area (Å²) in [5, 5.41) is 0. The van der Waals surface area contributed by atoms with Crippen LogP contribution in [0.25, 0.3) is 5.57 Å². The molecule has 266 valence electrons. The zero-order chi connectivity index (χ0) is 37.3. The number of para-hydroxylation sites is 4. The van der Waals surface area contributed by atoms with Crippen LogP contribution in [-0.2, 0) is 5.41 Å². The third kappa shape index (κ3) is 6.57. The second kappa shape index (κ2) is 16.5. The Kier molecular flexibility index (Phi) is 11.0. The quantitative estimate of drug-likeness (QED) is 0.140. The second-order valence-corrected chi connectivity index (χ2v) is 13.1. The first-order valence-electron chi connectivity index (χ1n) is 19.2. The Morgan fingerprint density at radius 2 is 0.759 bits per heavy atom. The van der Waals surface area contributed by atoms with Gasteiger partial charge in [0.1, 0.15) is 0 Å². The molecule has 0 heterocycles. The SMILES string of the molecule is C/C=C\C1=C(CC)c2ccccc2C1(c1ccc(N(c2ccccc2)c2ccccc2)cc1)c1ccc(N(c2ccccc2)c2ccccc2)cc1.CC. The first kappa shape index (κ1) is 36.0. The Hall–Kier alpha value is -6.38. The van der Waals surface area contributed by atoms with Crippen molar-refractivity contribution in [3.05, 3.63) is 234 Å². The van der Waals surface area contributed by atoms with Crippen molar-refractivity contribution in [3.63, 3.8) is 0 Å². The van der Waals surface area contributed by atoms with Crippen molar-refractivity contribution in [1.82, 2.24) is 0 Å². The van der Waals surface area contributed by atoms with Crippen molar-refractivity contribution < 1.29 is 0 Å². The van der Waals surface area contributed by atoms with E-state index in [4.69, 9.17) is 0 Å². The summed E-state index contributed by atoms with van der Waals surface area (Å²) in [6.45, 7) is 8.42. The molecule has 0 aliphatic heterocycles. The number of anilines is 6. The van der Waals surface area contributed by atoms with E-state index in [1.54, 1.807) is 0 Å². The van der Waals surface area contributed by atoms with Crippen LogP contribution in [0.3, 0.4) is 0 Å². The molecule has 2 heteroatoms. The van der Waals surface area contributed by atoms with Gasteiger partial charge in [-0.3, -0.25) is 0 Å². The maximum atomic E-state index is 2.35. The normalized spacial score (nSPS) is 12.9. The van der Waals surface area contributed by atoms with E-state index in [0.717, 1.165) is 40.5 Å². The number of hydrogen-bond acceptors (Lipinski definition) is 2. The van der Waals surface area contributed by atoms with Gasteiger partial charge < -0.3 is 9.80 Å². The topological polar surface area (TPSA) is 6.48 Å². The summed E-state index contributed by atoms with van der Waals surface area (Å²) in [6.07, 6.45) is 5.49. The smallest absolute Gasteiger partial charge is 0.0710 e. The van der Waals surface area contributed by atoms with Crippen LogP contribution in [0.2, 0.25) is 0 Å². The summed E-state index contributed by atoms with van der Waals surface area (Å²) in [5.41, 5.74) is 14.1. The minimum Gasteiger partial charge on any atom is -0.311 e. The standard InChI is InChI=1S/C50H42N2.C2H6/c1-3-19-48-46(4-2)47-28-17-18-29-49(47)50(48,38-30-34-44(35-31-38)51(40-20-9-5-10-21-40)41-22-11-6-12-23-41)39-32-36-45(37-33-39)52(42-24-13-7-14-25-42)43-26-15-8-16-27-43;1-2/h3,5-37H,4H2,1-2H3;1-2H3/b19-3-;. The lowest BCUT2D eigenvalue weighted by Crippen LogP contribution is -2.29. The van der Waals surface area contributed by atoms with Crippen molar-refractivity contribution in [3.8, 4) is 0 Å². The molecule has 0 saturated heterocycles. The molecule has 0 N–H and O–H groups in total. The minimum atomic E-state index is -0.500. The molecule has 2 nitrogen and oxygen atoms in total. The molecule has 54 heavy (non-hydrogen) atoms. The van der Waals surface area contributed by atoms with Gasteiger partial charge in [0, 0.05) is 34.1 Å². The molecule has 1 aliphatic carbocycles. The van der Waals surface area contributed by atoms with Gasteiger partial charge in [0.2, 0.25) is 0 Å². The van der Waals surface area contributed by atoms with Crippen LogP contribution in [0.1, 0.15) is 56.4 Å². The van der Waals surface area contributed by atoms with Crippen molar-refractivity contribution in [1.29, 1.82) is 0 Å². The number of fused-ring (bicyclic) bond motifs is 1. The van der Waals surface area contributed by atoms with Crippen LogP contribution >= 0.6 is 0 Å². The maximum Gasteiger partial charge on any atom is 0.0710 e. The Morgan fingerprint density at radius 1 is 0.426 bits per heavy atom. The monoisotopic (exact) mass is 700 g/mol. The summed E-state index contributed by atoms with van der Waals surface area (Å²) in [6, 6.07) is 70.1. The Morgan fingerprint density at radius 3 is 1.11 bits per heavy atom. The fourth-order valence-corrected chi connectivity index (χ4v) is 8.08.